The molecule has 0 spiro atoms. The number of halogens is 1. The van der Waals surface area contributed by atoms with E-state index in [2.05, 4.69) is 21.0 Å². The molecule has 0 atom stereocenters. The highest BCUT2D eigenvalue weighted by molar-refractivity contribution is 9.10. The van der Waals surface area contributed by atoms with Crippen LogP contribution in [0.1, 0.15) is 23.7 Å². The molecule has 1 aromatic heterocycles. The van der Waals surface area contributed by atoms with Gasteiger partial charge in [0.1, 0.15) is 29.2 Å². The lowest BCUT2D eigenvalue weighted by atomic mass is 10.1. The van der Waals surface area contributed by atoms with Gasteiger partial charge in [0.15, 0.2) is 18.1 Å². The Morgan fingerprint density at radius 2 is 2.16 bits per heavy atom. The maximum Gasteiger partial charge on any atom is 0.344 e. The number of aliphatic hydroxyl groups is 1. The first-order chi connectivity index (χ1) is 14.9. The van der Waals surface area contributed by atoms with Gasteiger partial charge in [0.2, 0.25) is 0 Å². The Balaban J connectivity index is 2.45. The van der Waals surface area contributed by atoms with Crippen molar-refractivity contribution in [2.45, 2.75) is 13.5 Å². The highest BCUT2D eigenvalue weighted by atomic mass is 79.9. The van der Waals surface area contributed by atoms with E-state index in [0.717, 1.165) is 0 Å². The van der Waals surface area contributed by atoms with Gasteiger partial charge in [0.25, 0.3) is 0 Å². The summed E-state index contributed by atoms with van der Waals surface area (Å²) >= 11 is 3.37. The van der Waals surface area contributed by atoms with Gasteiger partial charge in [-0.25, -0.2) is 9.48 Å². The van der Waals surface area contributed by atoms with Crippen LogP contribution in [0.4, 0.5) is 5.82 Å². The van der Waals surface area contributed by atoms with E-state index in [0.29, 0.717) is 21.5 Å². The quantitative estimate of drug-likeness (QED) is 0.397. The van der Waals surface area contributed by atoms with E-state index in [4.69, 9.17) is 25.1 Å². The fraction of sp³-hybridized carbons (Fsp3) is 0.300. The Labute approximate surface area is 187 Å². The molecule has 2 rings (SSSR count). The van der Waals surface area contributed by atoms with Crippen LogP contribution in [0.3, 0.4) is 0 Å². The number of nitriles is 2. The first-order valence-corrected chi connectivity index (χ1v) is 9.84. The van der Waals surface area contributed by atoms with Gasteiger partial charge in [-0.3, -0.25) is 0 Å². The van der Waals surface area contributed by atoms with E-state index in [-0.39, 0.29) is 49.0 Å². The molecule has 1 aromatic carbocycles. The minimum atomic E-state index is -0.521. The summed E-state index contributed by atoms with van der Waals surface area (Å²) in [5.41, 5.74) is 6.69. The molecule has 0 fully saturated rings. The smallest absolute Gasteiger partial charge is 0.344 e. The van der Waals surface area contributed by atoms with Crippen LogP contribution in [0.2, 0.25) is 0 Å². The van der Waals surface area contributed by atoms with Crippen molar-refractivity contribution in [1.82, 2.24) is 9.78 Å². The van der Waals surface area contributed by atoms with Crippen LogP contribution >= 0.6 is 15.9 Å². The van der Waals surface area contributed by atoms with Crippen LogP contribution in [0.5, 0.6) is 11.5 Å². The second-order valence-electron chi connectivity index (χ2n) is 5.97. The summed E-state index contributed by atoms with van der Waals surface area (Å²) in [4.78, 5) is 11.6. The molecule has 0 aliphatic heterocycles. The zero-order valence-electron chi connectivity index (χ0n) is 16.9. The highest BCUT2D eigenvalue weighted by Gasteiger charge is 2.20. The number of nitrogen functional groups attached to an aromatic ring is 1. The molecule has 11 heteroatoms. The molecule has 0 bridgehead atoms. The molecule has 0 aliphatic carbocycles. The fourth-order valence-corrected chi connectivity index (χ4v) is 3.23. The zero-order valence-corrected chi connectivity index (χ0v) is 18.5. The molecule has 10 nitrogen and oxygen atoms in total. The third kappa shape index (κ3) is 5.54. The molecule has 0 unspecified atom stereocenters. The lowest BCUT2D eigenvalue weighted by Gasteiger charge is -2.13. The predicted molar refractivity (Wildman–Crippen MR) is 115 cm³/mol. The molecule has 2 aromatic rings. The summed E-state index contributed by atoms with van der Waals surface area (Å²) < 4.78 is 17.4. The first-order valence-electron chi connectivity index (χ1n) is 9.05. The molecule has 0 saturated heterocycles. The van der Waals surface area contributed by atoms with Gasteiger partial charge in [-0.1, -0.05) is 0 Å². The van der Waals surface area contributed by atoms with Crippen molar-refractivity contribution >= 4 is 39.4 Å². The minimum absolute atomic E-state index is 0.0432. The van der Waals surface area contributed by atoms with Gasteiger partial charge in [0.05, 0.1) is 36.9 Å². The number of rotatable bonds is 9. The van der Waals surface area contributed by atoms with Gasteiger partial charge in [-0.2, -0.15) is 15.6 Å². The van der Waals surface area contributed by atoms with Gasteiger partial charge in [-0.15, -0.1) is 0 Å². The molecule has 1 heterocycles. The Morgan fingerprint density at radius 1 is 1.42 bits per heavy atom. The standard InChI is InChI=1S/C20H20BrN5O5/c1-3-30-17(28)11-31-19-15(21)7-12(8-16(19)29-2)6-13(9-22)18-14(10-23)20(24)26(25-18)4-5-27/h6-8,27H,3-5,11,24H2,1-2H3. The molecule has 162 valence electrons. The van der Waals surface area contributed by atoms with Gasteiger partial charge >= 0.3 is 5.97 Å². The maximum atomic E-state index is 11.6. The van der Waals surface area contributed by atoms with Crippen molar-refractivity contribution in [1.29, 1.82) is 10.5 Å². The summed E-state index contributed by atoms with van der Waals surface area (Å²) in [6.45, 7) is 1.50. The van der Waals surface area contributed by atoms with Gasteiger partial charge < -0.3 is 25.1 Å². The molecule has 0 amide bonds. The molecule has 3 N–H and O–H groups in total. The maximum absolute atomic E-state index is 11.6. The normalized spacial score (nSPS) is 10.8. The Bertz CT molecular complexity index is 1080. The molecule has 0 aliphatic rings. The molecule has 0 saturated carbocycles. The molecule has 31 heavy (non-hydrogen) atoms. The van der Waals surface area contributed by atoms with E-state index in [1.54, 1.807) is 19.1 Å². The number of benzene rings is 1. The third-order valence-electron chi connectivity index (χ3n) is 3.99. The number of esters is 1. The minimum Gasteiger partial charge on any atom is -0.493 e. The van der Waals surface area contributed by atoms with Crippen molar-refractivity contribution in [2.75, 3.05) is 32.7 Å². The second-order valence-corrected chi connectivity index (χ2v) is 6.82. The van der Waals surface area contributed by atoms with E-state index < -0.39 is 5.97 Å². The number of nitrogens with zero attached hydrogens (tertiary/aromatic N) is 4. The predicted octanol–water partition coefficient (Wildman–Crippen LogP) is 2.11. The summed E-state index contributed by atoms with van der Waals surface area (Å²) in [7, 11) is 1.43. The molecular weight excluding hydrogens is 470 g/mol. The highest BCUT2D eigenvalue weighted by Crippen LogP contribution is 2.38. The van der Waals surface area contributed by atoms with Crippen LogP contribution in [-0.2, 0) is 16.1 Å². The second kappa shape index (κ2) is 11.0. The number of aromatic nitrogens is 2. The fourth-order valence-electron chi connectivity index (χ4n) is 2.66. The number of ether oxygens (including phenoxy) is 3. The number of carbonyl (C=O) groups is 1. The largest absolute Gasteiger partial charge is 0.493 e. The number of allylic oxidation sites excluding steroid dienone is 1. The van der Waals surface area contributed by atoms with Crippen molar-refractivity contribution in [3.63, 3.8) is 0 Å². The van der Waals surface area contributed by atoms with E-state index >= 15 is 0 Å². The monoisotopic (exact) mass is 489 g/mol. The Kier molecular flexibility index (Phi) is 8.43. The topological polar surface area (TPSA) is 156 Å². The van der Waals surface area contributed by atoms with E-state index in [1.807, 2.05) is 12.1 Å². The lowest BCUT2D eigenvalue weighted by Crippen LogP contribution is -2.15. The van der Waals surface area contributed by atoms with Crippen molar-refractivity contribution < 1.29 is 24.1 Å². The van der Waals surface area contributed by atoms with Crippen molar-refractivity contribution in [3.05, 3.63) is 33.4 Å². The van der Waals surface area contributed by atoms with E-state index in [9.17, 15) is 15.3 Å². The van der Waals surface area contributed by atoms with Crippen LogP contribution < -0.4 is 15.2 Å². The van der Waals surface area contributed by atoms with Crippen LogP contribution in [0, 0.1) is 22.7 Å². The number of methoxy groups -OCH3 is 1. The average molecular weight is 490 g/mol. The summed E-state index contributed by atoms with van der Waals surface area (Å²) in [6.07, 6.45) is 1.51. The van der Waals surface area contributed by atoms with Crippen molar-refractivity contribution in [2.24, 2.45) is 0 Å². The number of hydrogen-bond acceptors (Lipinski definition) is 9. The van der Waals surface area contributed by atoms with Crippen LogP contribution in [0.15, 0.2) is 16.6 Å². The number of carbonyl (C=O) groups excluding carboxylic acids is 1. The van der Waals surface area contributed by atoms with E-state index in [1.165, 1.54) is 17.9 Å². The molecular formula is C20H20BrN5O5. The zero-order chi connectivity index (χ0) is 23.0. The number of anilines is 1. The SMILES string of the molecule is CCOC(=O)COc1c(Br)cc(C=C(C#N)c2nn(CCO)c(N)c2C#N)cc1OC. The Hall–Kier alpha value is -3.54. The summed E-state index contributed by atoms with van der Waals surface area (Å²) in [5, 5.41) is 32.4. The molecule has 0 radical (unpaired) electrons. The van der Waals surface area contributed by atoms with Crippen LogP contribution in [0.25, 0.3) is 11.6 Å². The number of hydrogen-bond donors (Lipinski definition) is 2. The van der Waals surface area contributed by atoms with Crippen LogP contribution in [-0.4, -0.2) is 47.8 Å². The summed E-state index contributed by atoms with van der Waals surface area (Å²) in [5.74, 6) is 0.148. The number of aliphatic hydroxyl groups excluding tert-OH is 1. The van der Waals surface area contributed by atoms with Gasteiger partial charge in [-0.05, 0) is 46.6 Å². The number of nitrogens with two attached hydrogens (primary N) is 1. The van der Waals surface area contributed by atoms with Crippen molar-refractivity contribution in [3.8, 4) is 23.6 Å². The Morgan fingerprint density at radius 3 is 2.74 bits per heavy atom. The summed E-state index contributed by atoms with van der Waals surface area (Å²) in [6, 6.07) is 7.21. The third-order valence-corrected chi connectivity index (χ3v) is 4.58. The van der Waals surface area contributed by atoms with Gasteiger partial charge in [0, 0.05) is 0 Å². The average Bonchev–Trinajstić information content (AvgIpc) is 3.06. The lowest BCUT2D eigenvalue weighted by molar-refractivity contribution is -0.145. The first kappa shape index (κ1) is 23.7.